The molecule has 80 valence electrons. The summed E-state index contributed by atoms with van der Waals surface area (Å²) in [6.45, 7) is 2.46. The molecule has 0 aliphatic carbocycles. The van der Waals surface area contributed by atoms with E-state index in [0.29, 0.717) is 6.54 Å². The van der Waals surface area contributed by atoms with Gasteiger partial charge >= 0.3 is 0 Å². The lowest BCUT2D eigenvalue weighted by Gasteiger charge is -2.42. The molecule has 1 heterocycles. The van der Waals surface area contributed by atoms with Crippen LogP contribution >= 0.6 is 0 Å². The molecule has 15 heavy (non-hydrogen) atoms. The summed E-state index contributed by atoms with van der Waals surface area (Å²) in [6, 6.07) is 9.64. The smallest absolute Gasteiger partial charge is 0.262 e. The van der Waals surface area contributed by atoms with Crippen LogP contribution in [0.1, 0.15) is 18.9 Å². The van der Waals surface area contributed by atoms with E-state index in [4.69, 9.17) is 0 Å². The van der Waals surface area contributed by atoms with Gasteiger partial charge in [-0.15, -0.1) is 0 Å². The third-order valence-electron chi connectivity index (χ3n) is 2.89. The third-order valence-corrected chi connectivity index (χ3v) is 2.89. The standard InChI is InChI=1S/C12H14FNO/c1-2-12(13)9-14(11(12)15)8-10-6-4-3-5-7-10/h3-7H,2,8-9H2,1H3/t12-/m0/s1. The number of rotatable bonds is 3. The zero-order chi connectivity index (χ0) is 10.9. The maximum atomic E-state index is 13.6. The van der Waals surface area contributed by atoms with Crippen molar-refractivity contribution >= 4 is 5.91 Å². The van der Waals surface area contributed by atoms with Gasteiger partial charge in [-0.1, -0.05) is 37.3 Å². The van der Waals surface area contributed by atoms with E-state index in [-0.39, 0.29) is 18.9 Å². The Labute approximate surface area is 88.7 Å². The van der Waals surface area contributed by atoms with Gasteiger partial charge in [0.05, 0.1) is 6.54 Å². The van der Waals surface area contributed by atoms with Gasteiger partial charge in [-0.05, 0) is 12.0 Å². The predicted octanol–water partition coefficient (Wildman–Crippen LogP) is 2.15. The Balaban J connectivity index is 1.98. The molecular weight excluding hydrogens is 193 g/mol. The van der Waals surface area contributed by atoms with Crippen LogP contribution in [0, 0.1) is 0 Å². The lowest BCUT2D eigenvalue weighted by molar-refractivity contribution is -0.164. The molecule has 1 aromatic rings. The highest BCUT2D eigenvalue weighted by atomic mass is 19.1. The summed E-state index contributed by atoms with van der Waals surface area (Å²) in [6.07, 6.45) is 0.275. The van der Waals surface area contributed by atoms with Crippen LogP contribution in [0.25, 0.3) is 0 Å². The van der Waals surface area contributed by atoms with Crippen LogP contribution in [-0.2, 0) is 11.3 Å². The molecule has 0 spiro atoms. The van der Waals surface area contributed by atoms with Gasteiger partial charge in [-0.25, -0.2) is 4.39 Å². The average Bonchev–Trinajstić information content (AvgIpc) is 2.29. The quantitative estimate of drug-likeness (QED) is 0.695. The van der Waals surface area contributed by atoms with Gasteiger partial charge in [0.1, 0.15) is 0 Å². The van der Waals surface area contributed by atoms with E-state index < -0.39 is 5.67 Å². The van der Waals surface area contributed by atoms with E-state index in [1.165, 1.54) is 0 Å². The first kappa shape index (κ1) is 10.1. The molecule has 0 bridgehead atoms. The highest BCUT2D eigenvalue weighted by Crippen LogP contribution is 2.31. The van der Waals surface area contributed by atoms with Crippen molar-refractivity contribution in [1.82, 2.24) is 4.90 Å². The van der Waals surface area contributed by atoms with Crippen LogP contribution < -0.4 is 0 Å². The number of β-lactam (4-membered cyclic amide) rings is 1. The van der Waals surface area contributed by atoms with Gasteiger partial charge in [0.25, 0.3) is 5.91 Å². The Morgan fingerprint density at radius 1 is 1.40 bits per heavy atom. The lowest BCUT2D eigenvalue weighted by atomic mass is 9.91. The molecule has 0 saturated carbocycles. The lowest BCUT2D eigenvalue weighted by Crippen LogP contribution is -2.63. The second kappa shape index (κ2) is 3.65. The molecule has 1 aliphatic heterocycles. The van der Waals surface area contributed by atoms with E-state index in [9.17, 15) is 9.18 Å². The summed E-state index contributed by atoms with van der Waals surface area (Å²) in [7, 11) is 0. The number of halogens is 1. The maximum Gasteiger partial charge on any atom is 0.262 e. The van der Waals surface area contributed by atoms with Gasteiger partial charge in [-0.3, -0.25) is 4.79 Å². The van der Waals surface area contributed by atoms with Gasteiger partial charge < -0.3 is 4.90 Å². The molecule has 3 heteroatoms. The summed E-state index contributed by atoms with van der Waals surface area (Å²) in [5.74, 6) is -0.367. The van der Waals surface area contributed by atoms with Gasteiger partial charge in [0, 0.05) is 6.54 Å². The van der Waals surface area contributed by atoms with Crippen LogP contribution in [0.2, 0.25) is 0 Å². The normalized spacial score (nSPS) is 25.2. The van der Waals surface area contributed by atoms with E-state index in [2.05, 4.69) is 0 Å². The van der Waals surface area contributed by atoms with Crippen molar-refractivity contribution in [2.75, 3.05) is 6.54 Å². The first-order chi connectivity index (χ1) is 7.15. The summed E-state index contributed by atoms with van der Waals surface area (Å²) < 4.78 is 13.6. The zero-order valence-electron chi connectivity index (χ0n) is 8.74. The summed E-state index contributed by atoms with van der Waals surface area (Å²) in [4.78, 5) is 13.0. The second-order valence-electron chi connectivity index (χ2n) is 3.97. The molecule has 1 amide bonds. The number of likely N-dealkylation sites (tertiary alicyclic amines) is 1. The fourth-order valence-corrected chi connectivity index (χ4v) is 1.83. The van der Waals surface area contributed by atoms with E-state index >= 15 is 0 Å². The van der Waals surface area contributed by atoms with E-state index in [0.717, 1.165) is 5.56 Å². The Morgan fingerprint density at radius 2 is 2.07 bits per heavy atom. The molecule has 0 aromatic heterocycles. The Kier molecular flexibility index (Phi) is 2.47. The number of carbonyl (C=O) groups excluding carboxylic acids is 1. The highest BCUT2D eigenvalue weighted by Gasteiger charge is 2.51. The van der Waals surface area contributed by atoms with Crippen LogP contribution in [0.4, 0.5) is 4.39 Å². The van der Waals surface area contributed by atoms with Gasteiger partial charge in [-0.2, -0.15) is 0 Å². The Morgan fingerprint density at radius 3 is 2.60 bits per heavy atom. The van der Waals surface area contributed by atoms with Crippen LogP contribution in [0.15, 0.2) is 30.3 Å². The van der Waals surface area contributed by atoms with Crippen molar-refractivity contribution in [3.63, 3.8) is 0 Å². The number of benzene rings is 1. The van der Waals surface area contributed by atoms with Crippen molar-refractivity contribution < 1.29 is 9.18 Å². The topological polar surface area (TPSA) is 20.3 Å². The molecule has 1 aliphatic rings. The maximum absolute atomic E-state index is 13.6. The van der Waals surface area contributed by atoms with Crippen molar-refractivity contribution in [3.8, 4) is 0 Å². The number of alkyl halides is 1. The average molecular weight is 207 g/mol. The number of hydrogen-bond donors (Lipinski definition) is 0. The predicted molar refractivity (Wildman–Crippen MR) is 56.0 cm³/mol. The molecule has 1 aromatic carbocycles. The van der Waals surface area contributed by atoms with Crippen LogP contribution in [0.3, 0.4) is 0 Å². The number of carbonyl (C=O) groups is 1. The Hall–Kier alpha value is -1.38. The summed E-state index contributed by atoms with van der Waals surface area (Å²) in [5, 5.41) is 0. The largest absolute Gasteiger partial charge is 0.332 e. The molecule has 2 rings (SSSR count). The SMILES string of the molecule is CC[C@]1(F)CN(Cc2ccccc2)C1=O. The van der Waals surface area contributed by atoms with E-state index in [1.807, 2.05) is 30.3 Å². The fourth-order valence-electron chi connectivity index (χ4n) is 1.83. The monoisotopic (exact) mass is 207 g/mol. The number of hydrogen-bond acceptors (Lipinski definition) is 1. The van der Waals surface area contributed by atoms with Gasteiger partial charge in [0.2, 0.25) is 5.67 Å². The molecular formula is C12H14FNO. The van der Waals surface area contributed by atoms with Crippen LogP contribution in [0.5, 0.6) is 0 Å². The third kappa shape index (κ3) is 1.74. The minimum Gasteiger partial charge on any atom is -0.332 e. The molecule has 0 N–H and O–H groups in total. The molecule has 0 radical (unpaired) electrons. The fraction of sp³-hybridized carbons (Fsp3) is 0.417. The highest BCUT2D eigenvalue weighted by molar-refractivity contribution is 5.91. The first-order valence-electron chi connectivity index (χ1n) is 5.18. The summed E-state index contributed by atoms with van der Waals surface area (Å²) >= 11 is 0. The Bertz CT molecular complexity index is 365. The second-order valence-corrected chi connectivity index (χ2v) is 3.97. The van der Waals surface area contributed by atoms with Crippen LogP contribution in [-0.4, -0.2) is 23.0 Å². The van der Waals surface area contributed by atoms with Crippen molar-refractivity contribution in [2.24, 2.45) is 0 Å². The summed E-state index contributed by atoms with van der Waals surface area (Å²) in [5.41, 5.74) is -0.543. The van der Waals surface area contributed by atoms with Crippen molar-refractivity contribution in [1.29, 1.82) is 0 Å². The minimum absolute atomic E-state index is 0.233. The molecule has 1 atom stereocenters. The van der Waals surface area contributed by atoms with Crippen molar-refractivity contribution in [3.05, 3.63) is 35.9 Å². The van der Waals surface area contributed by atoms with Crippen molar-refractivity contribution in [2.45, 2.75) is 25.6 Å². The molecule has 0 unspecified atom stereocenters. The van der Waals surface area contributed by atoms with Gasteiger partial charge in [0.15, 0.2) is 0 Å². The zero-order valence-corrected chi connectivity index (χ0v) is 8.74. The molecule has 2 nitrogen and oxygen atoms in total. The molecule has 1 saturated heterocycles. The van der Waals surface area contributed by atoms with E-state index in [1.54, 1.807) is 11.8 Å². The molecule has 1 fully saturated rings. The number of amides is 1. The first-order valence-corrected chi connectivity index (χ1v) is 5.18. The number of nitrogens with zero attached hydrogens (tertiary/aromatic N) is 1. The minimum atomic E-state index is -1.59.